The molecule has 4 aromatic heterocycles. The third-order valence-corrected chi connectivity index (χ3v) is 5.88. The van der Waals surface area contributed by atoms with Crippen LogP contribution in [0.5, 0.6) is 0 Å². The molecular formula is C16H15N4Se. The monoisotopic (exact) mass is 343 g/mol. The molecule has 21 heavy (non-hydrogen) atoms. The summed E-state index contributed by atoms with van der Waals surface area (Å²) in [5.41, 5.74) is 4.51. The molecule has 0 atom stereocenters. The van der Waals surface area contributed by atoms with Crippen LogP contribution in [0.3, 0.4) is 0 Å². The zero-order valence-corrected chi connectivity index (χ0v) is 13.7. The molecule has 0 unspecified atom stereocenters. The maximum atomic E-state index is 4.51. The third kappa shape index (κ3) is 2.15. The van der Waals surface area contributed by atoms with Gasteiger partial charge in [0, 0.05) is 0 Å². The second kappa shape index (κ2) is 4.72. The van der Waals surface area contributed by atoms with Gasteiger partial charge in [-0.1, -0.05) is 0 Å². The van der Waals surface area contributed by atoms with Crippen LogP contribution < -0.4 is 9.18 Å². The Kier molecular flexibility index (Phi) is 2.84. The first-order chi connectivity index (χ1) is 10.2. The van der Waals surface area contributed by atoms with E-state index in [1.807, 2.05) is 12.4 Å². The quantitative estimate of drug-likeness (QED) is 0.509. The van der Waals surface area contributed by atoms with E-state index in [2.05, 4.69) is 69.3 Å². The first-order valence-electron chi connectivity index (χ1n) is 6.80. The fraction of sp³-hybridized carbons (Fsp3) is 0.125. The molecule has 0 saturated heterocycles. The normalized spacial score (nSPS) is 11.5. The number of hydrogen-bond donors (Lipinski definition) is 0. The molecule has 0 amide bonds. The number of fused-ring (bicyclic) bond motifs is 2. The van der Waals surface area contributed by atoms with Gasteiger partial charge in [0.05, 0.1) is 0 Å². The van der Waals surface area contributed by atoms with Gasteiger partial charge >= 0.3 is 128 Å². The van der Waals surface area contributed by atoms with Crippen molar-refractivity contribution in [2.45, 2.75) is 13.8 Å². The second-order valence-electron chi connectivity index (χ2n) is 5.21. The number of imidazole rings is 2. The molecule has 0 N–H and O–H groups in total. The Labute approximate surface area is 128 Å². The van der Waals surface area contributed by atoms with Gasteiger partial charge in [-0.2, -0.15) is 0 Å². The van der Waals surface area contributed by atoms with E-state index in [0.717, 1.165) is 11.3 Å². The van der Waals surface area contributed by atoms with Crippen LogP contribution in [0.4, 0.5) is 0 Å². The van der Waals surface area contributed by atoms with Gasteiger partial charge in [0.2, 0.25) is 0 Å². The van der Waals surface area contributed by atoms with Gasteiger partial charge in [-0.05, 0) is 0 Å². The van der Waals surface area contributed by atoms with E-state index >= 15 is 0 Å². The summed E-state index contributed by atoms with van der Waals surface area (Å²) >= 11 is -0.152. The van der Waals surface area contributed by atoms with E-state index in [1.54, 1.807) is 0 Å². The molecule has 4 heterocycles. The molecule has 4 nitrogen and oxygen atoms in total. The van der Waals surface area contributed by atoms with E-state index < -0.39 is 0 Å². The molecule has 5 heteroatoms. The van der Waals surface area contributed by atoms with E-state index in [9.17, 15) is 0 Å². The van der Waals surface area contributed by atoms with E-state index in [1.165, 1.54) is 20.3 Å². The number of rotatable bonds is 2. The summed E-state index contributed by atoms with van der Waals surface area (Å²) in [6.07, 6.45) is 8.19. The van der Waals surface area contributed by atoms with Crippen molar-refractivity contribution in [2.75, 3.05) is 0 Å². The van der Waals surface area contributed by atoms with Crippen molar-refractivity contribution < 1.29 is 0 Å². The fourth-order valence-electron chi connectivity index (χ4n) is 2.42. The maximum absolute atomic E-state index is 4.51. The topological polar surface area (TPSA) is 34.6 Å². The average molecular weight is 342 g/mol. The van der Waals surface area contributed by atoms with Crippen molar-refractivity contribution >= 4 is 35.4 Å². The molecule has 4 aromatic rings. The fourth-order valence-corrected chi connectivity index (χ4v) is 4.56. The van der Waals surface area contributed by atoms with Crippen LogP contribution in [-0.2, 0) is 0 Å². The van der Waals surface area contributed by atoms with E-state index in [-0.39, 0.29) is 15.0 Å². The predicted molar refractivity (Wildman–Crippen MR) is 86.3 cm³/mol. The molecule has 0 aliphatic heterocycles. The van der Waals surface area contributed by atoms with Crippen molar-refractivity contribution in [2.24, 2.45) is 0 Å². The summed E-state index contributed by atoms with van der Waals surface area (Å²) in [4.78, 5) is 9.02. The standard InChI is InChI=1S/C16H15N4Se/c1-11-3-5-19-13(7-11)17-9-15(19)21-16-10-18-14-8-12(2)4-6-20(14)16/h3-10,21H,1-2H3. The number of aryl methyl sites for hydroxylation is 2. The zero-order valence-electron chi connectivity index (χ0n) is 11.9. The van der Waals surface area contributed by atoms with Gasteiger partial charge in [-0.15, -0.1) is 0 Å². The Morgan fingerprint density at radius 1 is 0.810 bits per heavy atom. The van der Waals surface area contributed by atoms with E-state index in [4.69, 9.17) is 0 Å². The molecular weight excluding hydrogens is 327 g/mol. The van der Waals surface area contributed by atoms with Crippen LogP contribution >= 0.6 is 0 Å². The summed E-state index contributed by atoms with van der Waals surface area (Å²) in [6.45, 7) is 4.18. The summed E-state index contributed by atoms with van der Waals surface area (Å²) in [5.74, 6) is 0. The van der Waals surface area contributed by atoms with Crippen LogP contribution in [0.25, 0.3) is 11.3 Å². The Hall–Kier alpha value is -2.10. The first-order valence-corrected chi connectivity index (χ1v) is 8.67. The third-order valence-electron chi connectivity index (χ3n) is 3.53. The first kappa shape index (κ1) is 12.6. The summed E-state index contributed by atoms with van der Waals surface area (Å²) < 4.78 is 6.90. The van der Waals surface area contributed by atoms with Crippen LogP contribution in [-0.4, -0.2) is 33.7 Å². The van der Waals surface area contributed by atoms with Crippen molar-refractivity contribution in [3.63, 3.8) is 0 Å². The van der Waals surface area contributed by atoms with Crippen LogP contribution in [0.15, 0.2) is 49.1 Å². The van der Waals surface area contributed by atoms with Crippen molar-refractivity contribution in [3.05, 3.63) is 60.2 Å². The SMILES string of the molecule is Cc1ccn2c([SeH]c3cnc4cc(C)ccn34)cnc2c1. The molecule has 0 aliphatic carbocycles. The zero-order chi connectivity index (χ0) is 14.4. The Morgan fingerprint density at radius 2 is 1.29 bits per heavy atom. The molecule has 105 valence electrons. The minimum atomic E-state index is -0.152. The van der Waals surface area contributed by atoms with Gasteiger partial charge in [0.1, 0.15) is 0 Å². The summed E-state index contributed by atoms with van der Waals surface area (Å²) in [7, 11) is 0. The van der Waals surface area contributed by atoms with E-state index in [0.29, 0.717) is 0 Å². The Morgan fingerprint density at radius 3 is 1.76 bits per heavy atom. The van der Waals surface area contributed by atoms with Gasteiger partial charge in [0.15, 0.2) is 0 Å². The number of nitrogens with zero attached hydrogens (tertiary/aromatic N) is 4. The number of hydrogen-bond acceptors (Lipinski definition) is 2. The van der Waals surface area contributed by atoms with Crippen molar-refractivity contribution in [1.29, 1.82) is 0 Å². The second-order valence-corrected chi connectivity index (χ2v) is 7.60. The predicted octanol–water partition coefficient (Wildman–Crippen LogP) is 0.986. The van der Waals surface area contributed by atoms with Gasteiger partial charge < -0.3 is 0 Å². The average Bonchev–Trinajstić information content (AvgIpc) is 3.03. The molecule has 4 rings (SSSR count). The van der Waals surface area contributed by atoms with Gasteiger partial charge in [0.25, 0.3) is 0 Å². The van der Waals surface area contributed by atoms with Crippen LogP contribution in [0.1, 0.15) is 11.1 Å². The Bertz CT molecular complexity index is 873. The Balaban J connectivity index is 1.79. The van der Waals surface area contributed by atoms with Gasteiger partial charge in [-0.25, -0.2) is 0 Å². The molecule has 0 spiro atoms. The summed E-state index contributed by atoms with van der Waals surface area (Å²) in [5, 5.41) is 0. The molecule has 0 aromatic carbocycles. The molecule has 0 bridgehead atoms. The van der Waals surface area contributed by atoms with Crippen LogP contribution in [0.2, 0.25) is 0 Å². The number of pyridine rings is 2. The molecule has 0 aliphatic rings. The van der Waals surface area contributed by atoms with Crippen molar-refractivity contribution in [3.8, 4) is 0 Å². The summed E-state index contributed by atoms with van der Waals surface area (Å²) in [6, 6.07) is 8.47. The molecule has 0 fully saturated rings. The minimum absolute atomic E-state index is 0.152. The number of aromatic nitrogens is 4. The van der Waals surface area contributed by atoms with Gasteiger partial charge in [-0.3, -0.25) is 0 Å². The molecule has 0 saturated carbocycles. The molecule has 1 radical (unpaired) electrons. The van der Waals surface area contributed by atoms with Crippen LogP contribution in [0, 0.1) is 13.8 Å². The van der Waals surface area contributed by atoms with Crippen molar-refractivity contribution in [1.82, 2.24) is 18.8 Å².